The van der Waals surface area contributed by atoms with E-state index in [0.717, 1.165) is 27.2 Å². The minimum absolute atomic E-state index is 0.279. The zero-order valence-electron chi connectivity index (χ0n) is 13.3. The van der Waals surface area contributed by atoms with Crippen LogP contribution < -0.4 is 10.1 Å². The first kappa shape index (κ1) is 18.8. The largest absolute Gasteiger partial charge is 0.495 e. The molecule has 0 fully saturated rings. The molecule has 21 heavy (non-hydrogen) atoms. The topological polar surface area (TPSA) is 21.3 Å². The molecule has 0 saturated heterocycles. The number of hydrogen-bond donors (Lipinski definition) is 1. The van der Waals surface area contributed by atoms with E-state index in [-0.39, 0.29) is 6.04 Å². The molecule has 0 aliphatic rings. The molecule has 1 atom stereocenters. The highest BCUT2D eigenvalue weighted by molar-refractivity contribution is 9.10. The van der Waals surface area contributed by atoms with Crippen molar-refractivity contribution in [3.8, 4) is 5.75 Å². The molecule has 1 rings (SSSR count). The van der Waals surface area contributed by atoms with E-state index in [0.29, 0.717) is 0 Å². The lowest BCUT2D eigenvalue weighted by Crippen LogP contribution is -2.17. The second-order valence-corrected chi connectivity index (χ2v) is 6.70. The predicted octanol–water partition coefficient (Wildman–Crippen LogP) is 6.12. The number of rotatable bonds is 10. The molecule has 2 nitrogen and oxygen atoms in total. The Morgan fingerprint density at radius 1 is 1.19 bits per heavy atom. The molecule has 1 unspecified atom stereocenters. The lowest BCUT2D eigenvalue weighted by Gasteiger charge is -2.20. The Bertz CT molecular complexity index is 425. The summed E-state index contributed by atoms with van der Waals surface area (Å²) in [5, 5.41) is 4.13. The quantitative estimate of drug-likeness (QED) is 0.496. The standard InChI is InChI=1S/C17H27BrClNO/c1-4-5-6-7-8-9-10-16(20-2)14-11-13(19)12-15(18)17(14)21-3/h11-12,16,20H,4-10H2,1-3H3. The fourth-order valence-electron chi connectivity index (χ4n) is 2.64. The number of ether oxygens (including phenoxy) is 1. The maximum atomic E-state index is 6.19. The Balaban J connectivity index is 2.63. The van der Waals surface area contributed by atoms with Crippen molar-refractivity contribution in [2.45, 2.75) is 57.9 Å². The van der Waals surface area contributed by atoms with Crippen LogP contribution in [-0.2, 0) is 0 Å². The van der Waals surface area contributed by atoms with Crippen molar-refractivity contribution in [2.24, 2.45) is 0 Å². The second-order valence-electron chi connectivity index (χ2n) is 5.41. The molecule has 0 aliphatic heterocycles. The molecule has 4 heteroatoms. The smallest absolute Gasteiger partial charge is 0.137 e. The number of halogens is 2. The average molecular weight is 377 g/mol. The summed E-state index contributed by atoms with van der Waals surface area (Å²) in [5.41, 5.74) is 1.13. The zero-order chi connectivity index (χ0) is 15.7. The highest BCUT2D eigenvalue weighted by Gasteiger charge is 2.17. The molecular weight excluding hydrogens is 350 g/mol. The van der Waals surface area contributed by atoms with E-state index in [2.05, 4.69) is 28.2 Å². The van der Waals surface area contributed by atoms with Gasteiger partial charge in [0.1, 0.15) is 5.75 Å². The van der Waals surface area contributed by atoms with Gasteiger partial charge in [0.25, 0.3) is 0 Å². The summed E-state index contributed by atoms with van der Waals surface area (Å²) in [6.07, 6.45) is 8.96. The summed E-state index contributed by atoms with van der Waals surface area (Å²) < 4.78 is 6.44. The van der Waals surface area contributed by atoms with Gasteiger partial charge in [-0.3, -0.25) is 0 Å². The predicted molar refractivity (Wildman–Crippen MR) is 95.5 cm³/mol. The number of unbranched alkanes of at least 4 members (excludes halogenated alkanes) is 5. The fraction of sp³-hybridized carbons (Fsp3) is 0.647. The van der Waals surface area contributed by atoms with Crippen molar-refractivity contribution in [3.63, 3.8) is 0 Å². The van der Waals surface area contributed by atoms with Crippen LogP contribution in [0, 0.1) is 0 Å². The van der Waals surface area contributed by atoms with Crippen molar-refractivity contribution in [2.75, 3.05) is 14.2 Å². The Kier molecular flexibility index (Phi) is 9.37. The molecule has 0 bridgehead atoms. The molecule has 1 aromatic rings. The molecule has 0 saturated carbocycles. The molecule has 0 radical (unpaired) electrons. The average Bonchev–Trinajstić information content (AvgIpc) is 2.46. The van der Waals surface area contributed by atoms with Crippen molar-refractivity contribution >= 4 is 27.5 Å². The van der Waals surface area contributed by atoms with Gasteiger partial charge in [0.15, 0.2) is 0 Å². The molecule has 0 aromatic heterocycles. The number of nitrogens with one attached hydrogen (secondary N) is 1. The fourth-order valence-corrected chi connectivity index (χ4v) is 3.63. The SMILES string of the molecule is CCCCCCCCC(NC)c1cc(Cl)cc(Br)c1OC. The Hall–Kier alpha value is -0.250. The minimum atomic E-state index is 0.279. The number of benzene rings is 1. The van der Waals surface area contributed by atoms with Gasteiger partial charge in [-0.15, -0.1) is 0 Å². The van der Waals surface area contributed by atoms with Gasteiger partial charge in [0.05, 0.1) is 11.6 Å². The molecule has 1 N–H and O–H groups in total. The van der Waals surface area contributed by atoms with Crippen molar-refractivity contribution in [3.05, 3.63) is 27.2 Å². The summed E-state index contributed by atoms with van der Waals surface area (Å²) in [6.45, 7) is 2.25. The highest BCUT2D eigenvalue weighted by Crippen LogP contribution is 2.37. The number of hydrogen-bond acceptors (Lipinski definition) is 2. The summed E-state index contributed by atoms with van der Waals surface area (Å²) >= 11 is 9.71. The first-order valence-electron chi connectivity index (χ1n) is 7.84. The molecular formula is C17H27BrClNO. The monoisotopic (exact) mass is 375 g/mol. The Labute approximate surface area is 142 Å². The van der Waals surface area contributed by atoms with Crippen LogP contribution in [0.4, 0.5) is 0 Å². The highest BCUT2D eigenvalue weighted by atomic mass is 79.9. The third kappa shape index (κ3) is 6.17. The van der Waals surface area contributed by atoms with Crippen LogP contribution in [0.1, 0.15) is 63.5 Å². The van der Waals surface area contributed by atoms with Crippen LogP contribution in [-0.4, -0.2) is 14.2 Å². The van der Waals surface area contributed by atoms with E-state index in [1.165, 1.54) is 38.5 Å². The maximum Gasteiger partial charge on any atom is 0.137 e. The maximum absolute atomic E-state index is 6.19. The van der Waals surface area contributed by atoms with E-state index in [4.69, 9.17) is 16.3 Å². The molecule has 0 spiro atoms. The normalized spacial score (nSPS) is 12.4. The lowest BCUT2D eigenvalue weighted by molar-refractivity contribution is 0.393. The Morgan fingerprint density at radius 3 is 2.48 bits per heavy atom. The van der Waals surface area contributed by atoms with Gasteiger partial charge in [-0.25, -0.2) is 0 Å². The van der Waals surface area contributed by atoms with Gasteiger partial charge in [-0.2, -0.15) is 0 Å². The minimum Gasteiger partial charge on any atom is -0.495 e. The molecule has 0 amide bonds. The van der Waals surface area contributed by atoms with E-state index in [1.54, 1.807) is 7.11 Å². The van der Waals surface area contributed by atoms with Crippen LogP contribution >= 0.6 is 27.5 Å². The molecule has 1 aromatic carbocycles. The number of methoxy groups -OCH3 is 1. The van der Waals surface area contributed by atoms with Crippen LogP contribution in [0.5, 0.6) is 5.75 Å². The van der Waals surface area contributed by atoms with E-state index in [9.17, 15) is 0 Å². The van der Waals surface area contributed by atoms with Gasteiger partial charge in [-0.1, -0.05) is 57.0 Å². The van der Waals surface area contributed by atoms with Crippen LogP contribution in [0.15, 0.2) is 16.6 Å². The van der Waals surface area contributed by atoms with E-state index < -0.39 is 0 Å². The Morgan fingerprint density at radius 2 is 1.86 bits per heavy atom. The van der Waals surface area contributed by atoms with Gasteiger partial charge in [0.2, 0.25) is 0 Å². The molecule has 120 valence electrons. The van der Waals surface area contributed by atoms with Gasteiger partial charge in [0, 0.05) is 16.6 Å². The van der Waals surface area contributed by atoms with Crippen LogP contribution in [0.3, 0.4) is 0 Å². The lowest BCUT2D eigenvalue weighted by atomic mass is 9.99. The van der Waals surface area contributed by atoms with Gasteiger partial charge < -0.3 is 10.1 Å². The zero-order valence-corrected chi connectivity index (χ0v) is 15.7. The first-order valence-corrected chi connectivity index (χ1v) is 9.01. The summed E-state index contributed by atoms with van der Waals surface area (Å²) in [7, 11) is 3.70. The van der Waals surface area contributed by atoms with Gasteiger partial charge >= 0.3 is 0 Å². The summed E-state index contributed by atoms with van der Waals surface area (Å²) in [4.78, 5) is 0. The van der Waals surface area contributed by atoms with Crippen molar-refractivity contribution in [1.82, 2.24) is 5.32 Å². The third-order valence-electron chi connectivity index (χ3n) is 3.81. The molecule has 0 aliphatic carbocycles. The summed E-state index contributed by atoms with van der Waals surface area (Å²) in [6, 6.07) is 4.16. The van der Waals surface area contributed by atoms with E-state index in [1.807, 2.05) is 19.2 Å². The summed E-state index contributed by atoms with van der Waals surface area (Å²) in [5.74, 6) is 0.879. The van der Waals surface area contributed by atoms with Gasteiger partial charge in [-0.05, 0) is 41.5 Å². The van der Waals surface area contributed by atoms with E-state index >= 15 is 0 Å². The first-order chi connectivity index (χ1) is 10.1. The third-order valence-corrected chi connectivity index (χ3v) is 4.62. The van der Waals surface area contributed by atoms with Crippen molar-refractivity contribution in [1.29, 1.82) is 0 Å². The van der Waals surface area contributed by atoms with Crippen molar-refractivity contribution < 1.29 is 4.74 Å². The second kappa shape index (κ2) is 10.5. The van der Waals surface area contributed by atoms with Crippen LogP contribution in [0.25, 0.3) is 0 Å². The van der Waals surface area contributed by atoms with Crippen LogP contribution in [0.2, 0.25) is 5.02 Å². The molecule has 0 heterocycles.